The van der Waals surface area contributed by atoms with Gasteiger partial charge in [0.05, 0.1) is 52.4 Å². The minimum Gasteiger partial charge on any atom is -0.457 e. The van der Waals surface area contributed by atoms with Gasteiger partial charge in [-0.2, -0.15) is 0 Å². The summed E-state index contributed by atoms with van der Waals surface area (Å²) in [6.07, 6.45) is -3.98. The first-order valence-electron chi connectivity index (χ1n) is 23.0. The Morgan fingerprint density at radius 1 is 0.537 bits per heavy atom. The quantitative estimate of drug-likeness (QED) is 0.0367. The standard InChI is InChI=1S/C57H62O10/c1-3-49(61-37-44-24-12-5-13-25-44)53(62-38-45-26-14-6-15-27-45)51(42-60-36-43-22-10-4-11-23-43)66-52(58)35-34-50-54(63-39-46-28-16-7-17-29-46)55(64-40-47-30-18-8-19-31-47)56(57(59-2)67-50)65-41-48-32-20-9-21-33-48/h3-33,49-51,53-57H,1,34-42H2,2H3/t49-,50-,51-,53+,54-,55+,56-,57+/m1/s1. The van der Waals surface area contributed by atoms with Crippen molar-refractivity contribution in [1.29, 1.82) is 0 Å². The Kier molecular flexibility index (Phi) is 19.9. The van der Waals surface area contributed by atoms with Crippen molar-refractivity contribution in [3.63, 3.8) is 0 Å². The van der Waals surface area contributed by atoms with Gasteiger partial charge in [0.25, 0.3) is 0 Å². The molecule has 8 atom stereocenters. The molecule has 1 heterocycles. The van der Waals surface area contributed by atoms with E-state index in [1.807, 2.05) is 182 Å². The summed E-state index contributed by atoms with van der Waals surface area (Å²) >= 11 is 0. The zero-order chi connectivity index (χ0) is 46.3. The topological polar surface area (TPSA) is 100 Å². The van der Waals surface area contributed by atoms with E-state index in [1.165, 1.54) is 0 Å². The van der Waals surface area contributed by atoms with Crippen LogP contribution in [0.5, 0.6) is 0 Å². The highest BCUT2D eigenvalue weighted by Gasteiger charge is 2.49. The molecule has 1 aliphatic rings. The molecule has 7 rings (SSSR count). The number of carbonyl (C=O) groups excluding carboxylic acids is 1. The highest BCUT2D eigenvalue weighted by Crippen LogP contribution is 2.33. The van der Waals surface area contributed by atoms with E-state index in [-0.39, 0.29) is 32.7 Å². The second-order valence-electron chi connectivity index (χ2n) is 16.4. The second-order valence-corrected chi connectivity index (χ2v) is 16.4. The summed E-state index contributed by atoms with van der Waals surface area (Å²) < 4.78 is 58.7. The van der Waals surface area contributed by atoms with Gasteiger partial charge in [0, 0.05) is 13.5 Å². The molecule has 1 fully saturated rings. The maximum Gasteiger partial charge on any atom is 0.306 e. The molecule has 10 nitrogen and oxygen atoms in total. The van der Waals surface area contributed by atoms with Crippen molar-refractivity contribution >= 4 is 5.97 Å². The Morgan fingerprint density at radius 2 is 0.940 bits per heavy atom. The van der Waals surface area contributed by atoms with Gasteiger partial charge in [-0.1, -0.05) is 188 Å². The smallest absolute Gasteiger partial charge is 0.306 e. The Balaban J connectivity index is 1.13. The van der Waals surface area contributed by atoms with Crippen LogP contribution in [0.25, 0.3) is 0 Å². The molecule has 6 aromatic carbocycles. The van der Waals surface area contributed by atoms with Crippen LogP contribution in [0.1, 0.15) is 46.2 Å². The average molecular weight is 907 g/mol. The zero-order valence-electron chi connectivity index (χ0n) is 38.2. The van der Waals surface area contributed by atoms with Gasteiger partial charge < -0.3 is 42.6 Å². The van der Waals surface area contributed by atoms with E-state index in [9.17, 15) is 4.79 Å². The lowest BCUT2D eigenvalue weighted by Gasteiger charge is -2.45. The molecule has 0 radical (unpaired) electrons. The lowest BCUT2D eigenvalue weighted by atomic mass is 9.94. The van der Waals surface area contributed by atoms with E-state index in [1.54, 1.807) is 13.2 Å². The average Bonchev–Trinajstić information content (AvgIpc) is 3.38. The first-order valence-corrected chi connectivity index (χ1v) is 23.0. The molecule has 0 bridgehead atoms. The van der Waals surface area contributed by atoms with Gasteiger partial charge in [-0.05, 0) is 39.8 Å². The van der Waals surface area contributed by atoms with E-state index in [0.29, 0.717) is 26.4 Å². The molecule has 1 aliphatic heterocycles. The van der Waals surface area contributed by atoms with Gasteiger partial charge in [0.2, 0.25) is 0 Å². The van der Waals surface area contributed by atoms with E-state index in [2.05, 4.69) is 6.58 Å². The zero-order valence-corrected chi connectivity index (χ0v) is 38.2. The van der Waals surface area contributed by atoms with Crippen molar-refractivity contribution in [3.8, 4) is 0 Å². The summed E-state index contributed by atoms with van der Waals surface area (Å²) in [6, 6.07) is 59.4. The number of ether oxygens (including phenoxy) is 9. The van der Waals surface area contributed by atoms with E-state index in [4.69, 9.17) is 42.6 Å². The number of rotatable bonds is 27. The number of methoxy groups -OCH3 is 1. The molecule has 0 unspecified atom stereocenters. The number of hydrogen-bond acceptors (Lipinski definition) is 10. The van der Waals surface area contributed by atoms with Crippen LogP contribution in [0.3, 0.4) is 0 Å². The highest BCUT2D eigenvalue weighted by atomic mass is 16.7. The van der Waals surface area contributed by atoms with Gasteiger partial charge in [-0.25, -0.2) is 0 Å². The van der Waals surface area contributed by atoms with E-state index in [0.717, 1.165) is 33.4 Å². The van der Waals surface area contributed by atoms with E-state index >= 15 is 0 Å². The van der Waals surface area contributed by atoms with E-state index < -0.39 is 55.0 Å². The molecule has 0 aromatic heterocycles. The number of benzene rings is 6. The molecular weight excluding hydrogens is 845 g/mol. The Morgan fingerprint density at radius 3 is 1.39 bits per heavy atom. The second kappa shape index (κ2) is 27.1. The largest absolute Gasteiger partial charge is 0.457 e. The van der Waals surface area contributed by atoms with Crippen molar-refractivity contribution in [1.82, 2.24) is 0 Å². The third kappa shape index (κ3) is 15.6. The van der Waals surface area contributed by atoms with Crippen LogP contribution in [-0.2, 0) is 87.1 Å². The fraction of sp³-hybridized carbons (Fsp3) is 0.316. The van der Waals surface area contributed by atoms with Crippen LogP contribution in [0.2, 0.25) is 0 Å². The summed E-state index contributed by atoms with van der Waals surface area (Å²) in [4.78, 5) is 14.4. The third-order valence-electron chi connectivity index (χ3n) is 11.5. The van der Waals surface area contributed by atoms with Crippen LogP contribution in [0.15, 0.2) is 195 Å². The molecule has 0 aliphatic carbocycles. The lowest BCUT2D eigenvalue weighted by Crippen LogP contribution is -2.60. The number of carbonyl (C=O) groups is 1. The SMILES string of the molecule is C=C[C@@H](OCc1ccccc1)[C@H](OCc1ccccc1)[C@@H](COCc1ccccc1)OC(=O)CC[C@H]1O[C@H](OC)[C@H](OCc2ccccc2)[C@@H](OCc2ccccc2)[C@@H]1OCc1ccccc1. The Hall–Kier alpha value is -5.79. The molecular formula is C57H62O10. The Labute approximate surface area is 395 Å². The van der Waals surface area contributed by atoms with Crippen molar-refractivity contribution in [3.05, 3.63) is 228 Å². The van der Waals surface area contributed by atoms with Gasteiger partial charge in [-0.3, -0.25) is 4.79 Å². The van der Waals surface area contributed by atoms with Crippen molar-refractivity contribution in [2.75, 3.05) is 13.7 Å². The molecule has 350 valence electrons. The fourth-order valence-electron chi connectivity index (χ4n) is 7.96. The van der Waals surface area contributed by atoms with Gasteiger partial charge in [0.1, 0.15) is 30.5 Å². The maximum absolute atomic E-state index is 14.4. The normalized spacial score (nSPS) is 19.5. The number of hydrogen-bond donors (Lipinski definition) is 0. The fourth-order valence-corrected chi connectivity index (χ4v) is 7.96. The summed E-state index contributed by atoms with van der Waals surface area (Å²) in [6.45, 7) is 5.85. The predicted octanol–water partition coefficient (Wildman–Crippen LogP) is 10.4. The summed E-state index contributed by atoms with van der Waals surface area (Å²) in [5.74, 6) is -0.476. The van der Waals surface area contributed by atoms with Crippen LogP contribution in [0, 0.1) is 0 Å². The molecule has 67 heavy (non-hydrogen) atoms. The number of esters is 1. The van der Waals surface area contributed by atoms with Crippen LogP contribution in [0.4, 0.5) is 0 Å². The van der Waals surface area contributed by atoms with Crippen molar-refractivity contribution in [2.45, 2.75) is 102 Å². The molecule has 0 saturated carbocycles. The first kappa shape index (κ1) is 49.1. The highest BCUT2D eigenvalue weighted by molar-refractivity contribution is 5.69. The van der Waals surface area contributed by atoms with Gasteiger partial charge in [-0.15, -0.1) is 6.58 Å². The Bertz CT molecular complexity index is 2270. The maximum atomic E-state index is 14.4. The molecule has 6 aromatic rings. The molecule has 1 saturated heterocycles. The summed E-state index contributed by atoms with van der Waals surface area (Å²) in [5.41, 5.74) is 5.87. The predicted molar refractivity (Wildman–Crippen MR) is 256 cm³/mol. The molecule has 0 N–H and O–H groups in total. The summed E-state index contributed by atoms with van der Waals surface area (Å²) in [7, 11) is 1.58. The van der Waals surface area contributed by atoms with Crippen molar-refractivity contribution < 1.29 is 47.4 Å². The summed E-state index contributed by atoms with van der Waals surface area (Å²) in [5, 5.41) is 0. The van der Waals surface area contributed by atoms with Crippen molar-refractivity contribution in [2.24, 2.45) is 0 Å². The van der Waals surface area contributed by atoms with Crippen LogP contribution < -0.4 is 0 Å². The third-order valence-corrected chi connectivity index (χ3v) is 11.5. The minimum atomic E-state index is -0.888. The lowest BCUT2D eigenvalue weighted by molar-refractivity contribution is -0.318. The molecule has 0 amide bonds. The van der Waals surface area contributed by atoms with Gasteiger partial charge >= 0.3 is 5.97 Å². The monoisotopic (exact) mass is 906 g/mol. The minimum absolute atomic E-state index is 0.0303. The van der Waals surface area contributed by atoms with Crippen LogP contribution in [-0.4, -0.2) is 68.7 Å². The first-order chi connectivity index (χ1) is 33.1. The van der Waals surface area contributed by atoms with Gasteiger partial charge in [0.15, 0.2) is 12.4 Å². The molecule has 0 spiro atoms. The van der Waals surface area contributed by atoms with Crippen LogP contribution >= 0.6 is 0 Å². The molecule has 10 heteroatoms.